The molecule has 0 spiro atoms. The summed E-state index contributed by atoms with van der Waals surface area (Å²) < 4.78 is 9.78. The Morgan fingerprint density at radius 3 is 3.06 bits per heavy atom. The van der Waals surface area contributed by atoms with Gasteiger partial charge in [-0.1, -0.05) is 11.4 Å². The lowest BCUT2D eigenvalue weighted by Crippen LogP contribution is -2.26. The molecule has 0 aromatic carbocycles. The molecule has 1 atom stereocenters. The molecule has 0 aliphatic carbocycles. The van der Waals surface area contributed by atoms with Crippen molar-refractivity contribution in [3.63, 3.8) is 0 Å². The van der Waals surface area contributed by atoms with Crippen molar-refractivity contribution >= 4 is 11.5 Å². The summed E-state index contributed by atoms with van der Waals surface area (Å²) in [6.45, 7) is 5.96. The van der Waals surface area contributed by atoms with Crippen molar-refractivity contribution in [1.82, 2.24) is 14.9 Å². The maximum Gasteiger partial charge on any atom is 0.114 e. The highest BCUT2D eigenvalue weighted by Gasteiger charge is 2.23. The molecule has 1 aromatic rings. The normalized spacial score (nSPS) is 17.4. The Hall–Kier alpha value is -0.940. The SMILES string of the molecule is CCCNC(C1=CCCCO1)c1snnc1C. The van der Waals surface area contributed by atoms with Crippen molar-refractivity contribution < 1.29 is 4.74 Å². The molecular formula is C12H19N3OS. The van der Waals surface area contributed by atoms with Crippen LogP contribution in [-0.4, -0.2) is 22.7 Å². The maximum atomic E-state index is 5.77. The fraction of sp³-hybridized carbons (Fsp3) is 0.667. The standard InChI is InChI=1S/C12H19N3OS/c1-3-7-13-11(10-6-4-5-8-16-10)12-9(2)14-15-17-12/h6,11,13H,3-5,7-8H2,1-2H3. The van der Waals surface area contributed by atoms with Crippen LogP contribution in [0, 0.1) is 6.92 Å². The van der Waals surface area contributed by atoms with E-state index in [-0.39, 0.29) is 6.04 Å². The predicted octanol–water partition coefficient (Wildman–Crippen LogP) is 2.58. The third-order valence-electron chi connectivity index (χ3n) is 2.79. The Kier molecular flexibility index (Phi) is 4.50. The van der Waals surface area contributed by atoms with E-state index in [4.69, 9.17) is 4.74 Å². The van der Waals surface area contributed by atoms with Crippen molar-refractivity contribution in [2.75, 3.05) is 13.2 Å². The summed E-state index contributed by atoms with van der Waals surface area (Å²) in [7, 11) is 0. The molecule has 94 valence electrons. The van der Waals surface area contributed by atoms with Gasteiger partial charge in [-0.25, -0.2) is 0 Å². The lowest BCUT2D eigenvalue weighted by atomic mass is 10.1. The molecule has 1 aliphatic rings. The summed E-state index contributed by atoms with van der Waals surface area (Å²) in [5.41, 5.74) is 0.999. The van der Waals surface area contributed by atoms with E-state index in [1.165, 1.54) is 16.4 Å². The highest BCUT2D eigenvalue weighted by Crippen LogP contribution is 2.29. The molecule has 1 aliphatic heterocycles. The van der Waals surface area contributed by atoms with Gasteiger partial charge < -0.3 is 10.1 Å². The van der Waals surface area contributed by atoms with E-state index in [1.54, 1.807) is 0 Å². The molecule has 0 bridgehead atoms. The first kappa shape index (κ1) is 12.5. The van der Waals surface area contributed by atoms with Gasteiger partial charge in [0, 0.05) is 0 Å². The molecule has 1 N–H and O–H groups in total. The predicted molar refractivity (Wildman–Crippen MR) is 68.9 cm³/mol. The third kappa shape index (κ3) is 3.04. The second kappa shape index (κ2) is 6.12. The van der Waals surface area contributed by atoms with Gasteiger partial charge in [0.1, 0.15) is 11.8 Å². The number of ether oxygens (including phenoxy) is 1. The van der Waals surface area contributed by atoms with Gasteiger partial charge in [0.05, 0.1) is 17.2 Å². The highest BCUT2D eigenvalue weighted by atomic mass is 32.1. The zero-order valence-electron chi connectivity index (χ0n) is 10.4. The molecular weight excluding hydrogens is 234 g/mol. The summed E-state index contributed by atoms with van der Waals surface area (Å²) in [6, 6.07) is 0.134. The zero-order chi connectivity index (χ0) is 12.1. The number of nitrogens with one attached hydrogen (secondary N) is 1. The van der Waals surface area contributed by atoms with Gasteiger partial charge in [-0.15, -0.1) is 5.10 Å². The van der Waals surface area contributed by atoms with Crippen molar-refractivity contribution in [2.24, 2.45) is 0 Å². The van der Waals surface area contributed by atoms with Crippen LogP contribution in [0.1, 0.15) is 42.8 Å². The Balaban J connectivity index is 2.18. The van der Waals surface area contributed by atoms with Crippen LogP contribution in [0.2, 0.25) is 0 Å². The van der Waals surface area contributed by atoms with Crippen molar-refractivity contribution in [3.8, 4) is 0 Å². The molecule has 4 nitrogen and oxygen atoms in total. The van der Waals surface area contributed by atoms with E-state index in [9.17, 15) is 0 Å². The highest BCUT2D eigenvalue weighted by molar-refractivity contribution is 7.05. The van der Waals surface area contributed by atoms with E-state index >= 15 is 0 Å². The Labute approximate surface area is 106 Å². The van der Waals surface area contributed by atoms with E-state index in [1.807, 2.05) is 6.92 Å². The summed E-state index contributed by atoms with van der Waals surface area (Å²) >= 11 is 1.46. The number of hydrogen-bond donors (Lipinski definition) is 1. The molecule has 2 heterocycles. The first-order valence-electron chi connectivity index (χ1n) is 6.18. The topological polar surface area (TPSA) is 47.0 Å². The minimum absolute atomic E-state index is 0.134. The third-order valence-corrected chi connectivity index (χ3v) is 3.69. The van der Waals surface area contributed by atoms with Gasteiger partial charge in [0.25, 0.3) is 0 Å². The zero-order valence-corrected chi connectivity index (χ0v) is 11.2. The fourth-order valence-corrected chi connectivity index (χ4v) is 2.62. The molecule has 2 rings (SSSR count). The average Bonchev–Trinajstić information content (AvgIpc) is 2.78. The van der Waals surface area contributed by atoms with Crippen LogP contribution in [0.3, 0.4) is 0 Å². The Bertz CT molecular complexity index is 389. The van der Waals surface area contributed by atoms with Gasteiger partial charge >= 0.3 is 0 Å². The molecule has 1 aromatic heterocycles. The van der Waals surface area contributed by atoms with E-state index in [0.717, 1.165) is 43.9 Å². The van der Waals surface area contributed by atoms with E-state index < -0.39 is 0 Å². The van der Waals surface area contributed by atoms with Gasteiger partial charge in [-0.05, 0) is 50.3 Å². The number of aryl methyl sites for hydroxylation is 1. The second-order valence-corrected chi connectivity index (χ2v) is 4.99. The minimum Gasteiger partial charge on any atom is -0.496 e. The number of nitrogens with zero attached hydrogens (tertiary/aromatic N) is 2. The first-order valence-corrected chi connectivity index (χ1v) is 6.95. The van der Waals surface area contributed by atoms with Crippen molar-refractivity contribution in [1.29, 1.82) is 0 Å². The van der Waals surface area contributed by atoms with Gasteiger partial charge in [0.15, 0.2) is 0 Å². The fourth-order valence-electron chi connectivity index (χ4n) is 1.89. The molecule has 17 heavy (non-hydrogen) atoms. The smallest absolute Gasteiger partial charge is 0.114 e. The maximum absolute atomic E-state index is 5.77. The van der Waals surface area contributed by atoms with Gasteiger partial charge in [-0.3, -0.25) is 0 Å². The van der Waals surface area contributed by atoms with E-state index in [2.05, 4.69) is 27.9 Å². The molecule has 0 saturated carbocycles. The summed E-state index contributed by atoms with van der Waals surface area (Å²) in [4.78, 5) is 1.17. The minimum atomic E-state index is 0.134. The Morgan fingerprint density at radius 2 is 2.47 bits per heavy atom. The monoisotopic (exact) mass is 253 g/mol. The number of allylic oxidation sites excluding steroid dienone is 1. The molecule has 0 radical (unpaired) electrons. The quantitative estimate of drug-likeness (QED) is 0.876. The molecule has 0 fully saturated rings. The summed E-state index contributed by atoms with van der Waals surface area (Å²) in [5, 5.41) is 7.61. The van der Waals surface area contributed by atoms with Crippen molar-refractivity contribution in [3.05, 3.63) is 22.4 Å². The molecule has 0 amide bonds. The van der Waals surface area contributed by atoms with Crippen LogP contribution in [0.25, 0.3) is 0 Å². The van der Waals surface area contributed by atoms with Crippen LogP contribution >= 0.6 is 11.5 Å². The van der Waals surface area contributed by atoms with Crippen LogP contribution < -0.4 is 5.32 Å². The Morgan fingerprint density at radius 1 is 1.59 bits per heavy atom. The van der Waals surface area contributed by atoms with Gasteiger partial charge in [-0.2, -0.15) is 0 Å². The van der Waals surface area contributed by atoms with Crippen molar-refractivity contribution in [2.45, 2.75) is 39.2 Å². The number of aromatic nitrogens is 2. The number of hydrogen-bond acceptors (Lipinski definition) is 5. The molecule has 5 heteroatoms. The lowest BCUT2D eigenvalue weighted by molar-refractivity contribution is 0.168. The first-order chi connectivity index (χ1) is 8.33. The largest absolute Gasteiger partial charge is 0.496 e. The second-order valence-electron chi connectivity index (χ2n) is 4.21. The molecule has 1 unspecified atom stereocenters. The van der Waals surface area contributed by atoms with Gasteiger partial charge in [0.2, 0.25) is 0 Å². The number of rotatable bonds is 5. The van der Waals surface area contributed by atoms with Crippen LogP contribution in [0.4, 0.5) is 0 Å². The average molecular weight is 253 g/mol. The van der Waals surface area contributed by atoms with Crippen LogP contribution in [0.15, 0.2) is 11.8 Å². The van der Waals surface area contributed by atoms with E-state index in [0.29, 0.717) is 0 Å². The van der Waals surface area contributed by atoms with Crippen LogP contribution in [0.5, 0.6) is 0 Å². The summed E-state index contributed by atoms with van der Waals surface area (Å²) in [5.74, 6) is 1.04. The summed E-state index contributed by atoms with van der Waals surface area (Å²) in [6.07, 6.45) is 5.51. The lowest BCUT2D eigenvalue weighted by Gasteiger charge is -2.23. The van der Waals surface area contributed by atoms with Crippen LogP contribution in [-0.2, 0) is 4.74 Å². The molecule has 0 saturated heterocycles.